The van der Waals surface area contributed by atoms with Gasteiger partial charge in [-0.15, -0.1) is 5.10 Å². The highest BCUT2D eigenvalue weighted by molar-refractivity contribution is 5.45. The highest BCUT2D eigenvalue weighted by atomic mass is 19.4. The molecule has 3 aromatic rings. The zero-order valence-corrected chi connectivity index (χ0v) is 21.1. The van der Waals surface area contributed by atoms with Gasteiger partial charge in [0, 0.05) is 11.8 Å². The van der Waals surface area contributed by atoms with Crippen molar-refractivity contribution in [1.82, 2.24) is 25.5 Å². The second kappa shape index (κ2) is 9.79. The molecule has 1 saturated carbocycles. The fourth-order valence-electron chi connectivity index (χ4n) is 6.41. The Kier molecular flexibility index (Phi) is 6.83. The van der Waals surface area contributed by atoms with Crippen LogP contribution in [0.2, 0.25) is 0 Å². The average Bonchev–Trinajstić information content (AvgIpc) is 3.59. The molecule has 1 N–H and O–H groups in total. The first-order valence-electron chi connectivity index (χ1n) is 12.7. The number of tetrazole rings is 1. The number of ether oxygens (including phenoxy) is 1. The maximum absolute atomic E-state index is 13.7. The normalized spacial score (nSPS) is 26.0. The lowest BCUT2D eigenvalue weighted by Crippen LogP contribution is -2.35. The molecule has 6 nitrogen and oxygen atoms in total. The minimum Gasteiger partial charge on any atom is -0.374 e. The summed E-state index contributed by atoms with van der Waals surface area (Å²) < 4.78 is 61.6. The summed E-state index contributed by atoms with van der Waals surface area (Å²) in [6, 6.07) is 12.0. The van der Waals surface area contributed by atoms with Crippen LogP contribution in [-0.4, -0.2) is 46.0 Å². The Hall–Kier alpha value is -2.85. The Bertz CT molecular complexity index is 1240. The van der Waals surface area contributed by atoms with E-state index in [4.69, 9.17) is 4.74 Å². The van der Waals surface area contributed by atoms with Crippen LogP contribution in [0.1, 0.15) is 73.4 Å². The number of hydrogen-bond acceptors (Lipinski definition) is 5. The molecule has 0 bridgehead atoms. The third kappa shape index (κ3) is 4.77. The molecule has 2 aromatic carbocycles. The molecular weight excluding hydrogens is 486 g/mol. The van der Waals surface area contributed by atoms with Gasteiger partial charge in [-0.2, -0.15) is 17.9 Å². The Morgan fingerprint density at radius 3 is 2.59 bits per heavy atom. The summed E-state index contributed by atoms with van der Waals surface area (Å²) in [6.07, 6.45) is -2.08. The van der Waals surface area contributed by atoms with E-state index in [9.17, 15) is 17.6 Å². The third-order valence-corrected chi connectivity index (χ3v) is 7.94. The van der Waals surface area contributed by atoms with Gasteiger partial charge in [-0.05, 0) is 96.1 Å². The van der Waals surface area contributed by atoms with E-state index in [1.807, 2.05) is 25.2 Å². The number of nitrogens with zero attached hydrogens (tertiary/aromatic N) is 4. The fraction of sp³-hybridized carbons (Fsp3) is 0.519. The zero-order valence-electron chi connectivity index (χ0n) is 21.1. The van der Waals surface area contributed by atoms with Gasteiger partial charge in [-0.25, -0.2) is 4.39 Å². The van der Waals surface area contributed by atoms with E-state index in [1.165, 1.54) is 12.1 Å². The number of aromatic nitrogens is 4. The lowest BCUT2D eigenvalue weighted by atomic mass is 9.75. The lowest BCUT2D eigenvalue weighted by molar-refractivity contribution is -0.146. The summed E-state index contributed by atoms with van der Waals surface area (Å²) >= 11 is 0. The topological polar surface area (TPSA) is 64.9 Å². The van der Waals surface area contributed by atoms with Crippen LogP contribution in [0.15, 0.2) is 42.5 Å². The number of rotatable bonds is 6. The van der Waals surface area contributed by atoms with Crippen LogP contribution < -0.4 is 5.32 Å². The second-order valence-electron chi connectivity index (χ2n) is 10.5. The molecule has 1 aromatic heterocycles. The minimum absolute atomic E-state index is 0.000508. The van der Waals surface area contributed by atoms with Crippen LogP contribution in [-0.2, 0) is 10.9 Å². The van der Waals surface area contributed by atoms with Crippen molar-refractivity contribution in [3.8, 4) is 5.69 Å². The van der Waals surface area contributed by atoms with E-state index in [-0.39, 0.29) is 29.3 Å². The van der Waals surface area contributed by atoms with Gasteiger partial charge in [0.05, 0.1) is 17.9 Å². The van der Waals surface area contributed by atoms with E-state index in [2.05, 4.69) is 34.7 Å². The highest BCUT2D eigenvalue weighted by Crippen LogP contribution is 2.56. The highest BCUT2D eigenvalue weighted by Gasteiger charge is 2.54. The van der Waals surface area contributed by atoms with Crippen LogP contribution in [0.25, 0.3) is 5.69 Å². The van der Waals surface area contributed by atoms with Gasteiger partial charge < -0.3 is 10.1 Å². The summed E-state index contributed by atoms with van der Waals surface area (Å²) in [5, 5.41) is 13.4. The number of halogens is 4. The number of nitrogens with one attached hydrogen (secondary N) is 1. The Morgan fingerprint density at radius 1 is 1.16 bits per heavy atom. The van der Waals surface area contributed by atoms with Crippen molar-refractivity contribution in [1.29, 1.82) is 0 Å². The van der Waals surface area contributed by atoms with Crippen LogP contribution in [0.3, 0.4) is 0 Å². The first kappa shape index (κ1) is 25.8. The molecule has 2 heterocycles. The predicted octanol–water partition coefficient (Wildman–Crippen LogP) is 5.60. The SMILES string of the molecule is CNCC1CC[C@@]2(C[C@@H](c3cc(-n4nnnc4C(F)(F)F)ccc3C(C)C)CO2)[C@@H]1c1ccc(F)cc1. The first-order chi connectivity index (χ1) is 17.6. The number of alkyl halides is 3. The van der Waals surface area contributed by atoms with Crippen LogP contribution >= 0.6 is 0 Å². The minimum atomic E-state index is -4.67. The summed E-state index contributed by atoms with van der Waals surface area (Å²) in [5.41, 5.74) is 2.94. The molecule has 1 aliphatic carbocycles. The molecule has 10 heteroatoms. The quantitative estimate of drug-likeness (QED) is 0.432. The van der Waals surface area contributed by atoms with Crippen molar-refractivity contribution < 1.29 is 22.3 Å². The van der Waals surface area contributed by atoms with Crippen molar-refractivity contribution in [3.05, 3.63) is 70.8 Å². The van der Waals surface area contributed by atoms with Gasteiger partial charge >= 0.3 is 6.18 Å². The van der Waals surface area contributed by atoms with Crippen molar-refractivity contribution in [2.45, 2.75) is 62.6 Å². The van der Waals surface area contributed by atoms with E-state index in [1.54, 1.807) is 12.1 Å². The Balaban J connectivity index is 1.52. The molecule has 0 amide bonds. The molecule has 37 heavy (non-hydrogen) atoms. The van der Waals surface area contributed by atoms with Gasteiger partial charge in [-0.3, -0.25) is 0 Å². The maximum atomic E-state index is 13.7. The van der Waals surface area contributed by atoms with Crippen LogP contribution in [0, 0.1) is 11.7 Å². The van der Waals surface area contributed by atoms with E-state index < -0.39 is 17.6 Å². The van der Waals surface area contributed by atoms with E-state index >= 15 is 0 Å². The first-order valence-corrected chi connectivity index (χ1v) is 12.7. The van der Waals surface area contributed by atoms with Crippen LogP contribution in [0.5, 0.6) is 0 Å². The van der Waals surface area contributed by atoms with Crippen molar-refractivity contribution in [2.75, 3.05) is 20.2 Å². The molecule has 1 aliphatic heterocycles. The Morgan fingerprint density at radius 2 is 1.92 bits per heavy atom. The Labute approximate surface area is 213 Å². The third-order valence-electron chi connectivity index (χ3n) is 7.94. The standard InChI is InChI=1S/C27H31F4N5O/c1-16(2)22-9-8-21(36-25(27(29,30)31)33-34-35-36)12-23(22)19-13-26(37-15-19)11-10-18(14-32-3)24(26)17-4-6-20(28)7-5-17/h4-9,12,16,18-19,24,32H,10-11,13-15H2,1-3H3/t18?,19-,24-,26-/m1/s1. The largest absolute Gasteiger partial charge is 0.453 e. The predicted molar refractivity (Wildman–Crippen MR) is 130 cm³/mol. The van der Waals surface area contributed by atoms with E-state index in [0.29, 0.717) is 12.5 Å². The summed E-state index contributed by atoms with van der Waals surface area (Å²) in [7, 11) is 1.93. The fourth-order valence-corrected chi connectivity index (χ4v) is 6.41. The van der Waals surface area contributed by atoms with Crippen molar-refractivity contribution in [3.63, 3.8) is 0 Å². The molecule has 1 unspecified atom stereocenters. The molecule has 4 atom stereocenters. The van der Waals surface area contributed by atoms with Gasteiger partial charge in [0.25, 0.3) is 5.82 Å². The molecule has 198 valence electrons. The van der Waals surface area contributed by atoms with Gasteiger partial charge in [0.1, 0.15) is 5.82 Å². The molecular formula is C27H31F4N5O. The lowest BCUT2D eigenvalue weighted by Gasteiger charge is -2.34. The number of hydrogen-bond donors (Lipinski definition) is 1. The van der Waals surface area contributed by atoms with Gasteiger partial charge in [-0.1, -0.05) is 32.0 Å². The molecule has 0 radical (unpaired) electrons. The maximum Gasteiger partial charge on any atom is 0.453 e. The summed E-state index contributed by atoms with van der Waals surface area (Å²) in [6.45, 7) is 5.43. The van der Waals surface area contributed by atoms with Crippen LogP contribution in [0.4, 0.5) is 17.6 Å². The summed E-state index contributed by atoms with van der Waals surface area (Å²) in [4.78, 5) is 0. The molecule has 5 rings (SSSR count). The van der Waals surface area contributed by atoms with E-state index in [0.717, 1.165) is 47.2 Å². The van der Waals surface area contributed by atoms with Crippen molar-refractivity contribution in [2.24, 2.45) is 5.92 Å². The molecule has 1 spiro atoms. The van der Waals surface area contributed by atoms with Crippen molar-refractivity contribution >= 4 is 0 Å². The second-order valence-corrected chi connectivity index (χ2v) is 10.5. The molecule has 2 aliphatic rings. The van der Waals surface area contributed by atoms with Gasteiger partial charge in [0.2, 0.25) is 0 Å². The average molecular weight is 518 g/mol. The molecule has 2 fully saturated rings. The zero-order chi connectivity index (χ0) is 26.4. The summed E-state index contributed by atoms with van der Waals surface area (Å²) in [5.74, 6) is -0.833. The molecule has 1 saturated heterocycles. The van der Waals surface area contributed by atoms with Gasteiger partial charge in [0.15, 0.2) is 0 Å². The monoisotopic (exact) mass is 517 g/mol. The number of benzene rings is 2. The smallest absolute Gasteiger partial charge is 0.374 e.